The molecular formula is C16H20F3N3O3. The Hall–Kier alpha value is -1.80. The lowest BCUT2D eigenvalue weighted by atomic mass is 10.1. The van der Waals surface area contributed by atoms with Crippen molar-refractivity contribution in [1.82, 2.24) is 15.0 Å². The minimum Gasteiger partial charge on any atom is -0.444 e. The smallest absolute Gasteiger partial charge is 0.410 e. The third kappa shape index (κ3) is 2.50. The lowest BCUT2D eigenvalue weighted by molar-refractivity contribution is -0.162. The summed E-state index contributed by atoms with van der Waals surface area (Å²) in [5.41, 5.74) is -3.05. The molecule has 4 rings (SSSR count). The number of carbonyl (C=O) groups excluding carboxylic acids is 1. The van der Waals surface area contributed by atoms with E-state index >= 15 is 0 Å². The number of amides is 1. The first-order valence-electron chi connectivity index (χ1n) is 8.36. The molecule has 1 amide bonds. The number of nitrogens with zero attached hydrogens (tertiary/aromatic N) is 3. The minimum absolute atomic E-state index is 0.00403. The van der Waals surface area contributed by atoms with Crippen LogP contribution in [0.15, 0.2) is 4.52 Å². The van der Waals surface area contributed by atoms with Crippen molar-refractivity contribution in [3.8, 4) is 0 Å². The van der Waals surface area contributed by atoms with Gasteiger partial charge in [0.2, 0.25) is 5.89 Å². The van der Waals surface area contributed by atoms with Crippen LogP contribution < -0.4 is 0 Å². The highest BCUT2D eigenvalue weighted by Gasteiger charge is 2.69. The molecule has 25 heavy (non-hydrogen) atoms. The van der Waals surface area contributed by atoms with Crippen LogP contribution in [0.2, 0.25) is 0 Å². The second-order valence-electron chi connectivity index (χ2n) is 8.42. The van der Waals surface area contributed by atoms with E-state index < -0.39 is 28.7 Å². The molecule has 2 saturated carbocycles. The number of fused-ring (bicyclic) bond motifs is 1. The van der Waals surface area contributed by atoms with E-state index in [9.17, 15) is 18.0 Å². The number of piperidine rings is 1. The molecule has 1 aromatic rings. The quantitative estimate of drug-likeness (QED) is 0.811. The fourth-order valence-electron chi connectivity index (χ4n) is 3.66. The lowest BCUT2D eigenvalue weighted by Crippen LogP contribution is -2.37. The molecule has 0 bridgehead atoms. The van der Waals surface area contributed by atoms with Crippen LogP contribution in [0.25, 0.3) is 0 Å². The monoisotopic (exact) mass is 359 g/mol. The second-order valence-corrected chi connectivity index (χ2v) is 8.42. The van der Waals surface area contributed by atoms with Crippen LogP contribution >= 0.6 is 0 Å². The SMILES string of the molecule is CC(C)(C)OC(=O)N1CC2CC2(c2nc(C3(C(F)(F)F)CC3)no2)C1. The predicted molar refractivity (Wildman–Crippen MR) is 78.9 cm³/mol. The zero-order valence-electron chi connectivity index (χ0n) is 14.3. The Balaban J connectivity index is 1.50. The van der Waals surface area contributed by atoms with Gasteiger partial charge in [-0.2, -0.15) is 18.2 Å². The van der Waals surface area contributed by atoms with Gasteiger partial charge in [-0.15, -0.1) is 0 Å². The van der Waals surface area contributed by atoms with Gasteiger partial charge in [-0.05, 0) is 46.0 Å². The van der Waals surface area contributed by atoms with Crippen LogP contribution in [0.3, 0.4) is 0 Å². The maximum absolute atomic E-state index is 13.2. The van der Waals surface area contributed by atoms with Crippen LogP contribution in [0, 0.1) is 5.92 Å². The van der Waals surface area contributed by atoms with Crippen molar-refractivity contribution < 1.29 is 27.2 Å². The van der Waals surface area contributed by atoms with Crippen molar-refractivity contribution in [3.05, 3.63) is 11.7 Å². The molecule has 1 saturated heterocycles. The topological polar surface area (TPSA) is 68.5 Å². The molecule has 2 aliphatic carbocycles. The summed E-state index contributed by atoms with van der Waals surface area (Å²) in [4.78, 5) is 17.9. The molecule has 0 aromatic carbocycles. The van der Waals surface area contributed by atoms with Gasteiger partial charge in [0.1, 0.15) is 11.0 Å². The van der Waals surface area contributed by atoms with Crippen molar-refractivity contribution >= 4 is 6.09 Å². The number of halogens is 3. The number of alkyl halides is 3. The fourth-order valence-corrected chi connectivity index (χ4v) is 3.66. The van der Waals surface area contributed by atoms with E-state index in [0.29, 0.717) is 13.1 Å². The number of rotatable bonds is 2. The van der Waals surface area contributed by atoms with Gasteiger partial charge in [-0.25, -0.2) is 4.79 Å². The van der Waals surface area contributed by atoms with Crippen LogP contribution in [0.1, 0.15) is 51.7 Å². The maximum Gasteiger partial charge on any atom is 0.410 e. The van der Waals surface area contributed by atoms with E-state index in [1.165, 1.54) is 0 Å². The molecule has 2 unspecified atom stereocenters. The first-order chi connectivity index (χ1) is 11.5. The summed E-state index contributed by atoms with van der Waals surface area (Å²) in [6, 6.07) is 0. The van der Waals surface area contributed by atoms with Crippen LogP contribution in [0.4, 0.5) is 18.0 Å². The number of likely N-dealkylation sites (tertiary alicyclic amines) is 1. The number of carbonyl (C=O) groups is 1. The van der Waals surface area contributed by atoms with E-state index in [2.05, 4.69) is 10.1 Å². The summed E-state index contributed by atoms with van der Waals surface area (Å²) in [5, 5.41) is 3.62. The average molecular weight is 359 g/mol. The number of hydrogen-bond donors (Lipinski definition) is 0. The molecule has 3 aliphatic rings. The summed E-state index contributed by atoms with van der Waals surface area (Å²) in [5.74, 6) is 0.0779. The van der Waals surface area contributed by atoms with E-state index in [0.717, 1.165) is 6.42 Å². The van der Waals surface area contributed by atoms with Crippen LogP contribution in [-0.2, 0) is 15.6 Å². The Kier molecular flexibility index (Phi) is 3.11. The number of hydrogen-bond acceptors (Lipinski definition) is 5. The van der Waals surface area contributed by atoms with Crippen molar-refractivity contribution in [3.63, 3.8) is 0 Å². The first kappa shape index (κ1) is 16.7. The van der Waals surface area contributed by atoms with E-state index in [1.54, 1.807) is 25.7 Å². The summed E-state index contributed by atoms with van der Waals surface area (Å²) in [6.07, 6.45) is -4.06. The molecule has 0 spiro atoms. The van der Waals surface area contributed by atoms with E-state index in [1.807, 2.05) is 0 Å². The van der Waals surface area contributed by atoms with Crippen molar-refractivity contribution in [2.45, 2.75) is 62.6 Å². The zero-order chi connectivity index (χ0) is 18.3. The van der Waals surface area contributed by atoms with Gasteiger partial charge in [0, 0.05) is 13.1 Å². The Morgan fingerprint density at radius 3 is 2.56 bits per heavy atom. The minimum atomic E-state index is -4.37. The standard InChI is InChI=1S/C16H20F3N3O3/c1-13(2,3)24-12(23)22-7-9-6-14(9,8-22)11-20-10(21-25-11)15(4-5-15)16(17,18)19/h9H,4-8H2,1-3H3. The normalized spacial score (nSPS) is 30.2. The summed E-state index contributed by atoms with van der Waals surface area (Å²) < 4.78 is 50.2. The molecular weight excluding hydrogens is 339 g/mol. The summed E-state index contributed by atoms with van der Waals surface area (Å²) in [6.45, 7) is 6.19. The van der Waals surface area contributed by atoms with Crippen molar-refractivity contribution in [1.29, 1.82) is 0 Å². The second kappa shape index (κ2) is 4.67. The van der Waals surface area contributed by atoms with Gasteiger partial charge in [0.05, 0.1) is 5.41 Å². The van der Waals surface area contributed by atoms with E-state index in [4.69, 9.17) is 9.26 Å². The largest absolute Gasteiger partial charge is 0.444 e. The first-order valence-corrected chi connectivity index (χ1v) is 8.36. The molecule has 138 valence electrons. The molecule has 3 fully saturated rings. The molecule has 1 aliphatic heterocycles. The highest BCUT2D eigenvalue weighted by molar-refractivity contribution is 5.69. The zero-order valence-corrected chi connectivity index (χ0v) is 14.3. The van der Waals surface area contributed by atoms with Gasteiger partial charge in [-0.3, -0.25) is 0 Å². The molecule has 2 atom stereocenters. The number of aromatic nitrogens is 2. The van der Waals surface area contributed by atoms with Gasteiger partial charge in [-0.1, -0.05) is 5.16 Å². The van der Waals surface area contributed by atoms with Gasteiger partial charge in [0.15, 0.2) is 5.82 Å². The Bertz CT molecular complexity index is 720. The number of ether oxygens (including phenoxy) is 1. The molecule has 9 heteroatoms. The molecule has 6 nitrogen and oxygen atoms in total. The fraction of sp³-hybridized carbons (Fsp3) is 0.812. The average Bonchev–Trinajstić information content (AvgIpc) is 3.32. The highest BCUT2D eigenvalue weighted by atomic mass is 19.4. The Morgan fingerprint density at radius 2 is 2.00 bits per heavy atom. The predicted octanol–water partition coefficient (Wildman–Crippen LogP) is 3.17. The maximum atomic E-state index is 13.2. The van der Waals surface area contributed by atoms with E-state index in [-0.39, 0.29) is 30.5 Å². The third-order valence-corrected chi connectivity index (χ3v) is 5.37. The van der Waals surface area contributed by atoms with Crippen molar-refractivity contribution in [2.75, 3.05) is 13.1 Å². The molecule has 0 radical (unpaired) electrons. The highest BCUT2D eigenvalue weighted by Crippen LogP contribution is 2.61. The Morgan fingerprint density at radius 1 is 1.32 bits per heavy atom. The van der Waals surface area contributed by atoms with Crippen LogP contribution in [-0.4, -0.2) is 46.0 Å². The Labute approximate surface area is 142 Å². The van der Waals surface area contributed by atoms with Gasteiger partial charge in [0.25, 0.3) is 0 Å². The summed E-state index contributed by atoms with van der Waals surface area (Å²) >= 11 is 0. The molecule has 1 aromatic heterocycles. The molecule has 2 heterocycles. The van der Waals surface area contributed by atoms with Gasteiger partial charge < -0.3 is 14.2 Å². The third-order valence-electron chi connectivity index (χ3n) is 5.37. The lowest BCUT2D eigenvalue weighted by Gasteiger charge is -2.25. The van der Waals surface area contributed by atoms with Crippen LogP contribution in [0.5, 0.6) is 0 Å². The van der Waals surface area contributed by atoms with Gasteiger partial charge >= 0.3 is 12.3 Å². The van der Waals surface area contributed by atoms with Crippen molar-refractivity contribution in [2.24, 2.45) is 5.92 Å². The summed E-state index contributed by atoms with van der Waals surface area (Å²) in [7, 11) is 0. The molecule has 0 N–H and O–H groups in total.